The molecule has 0 unspecified atom stereocenters. The van der Waals surface area contributed by atoms with Crippen LogP contribution in [0.5, 0.6) is 0 Å². The van der Waals surface area contributed by atoms with Gasteiger partial charge in [0.05, 0.1) is 19.5 Å². The number of ether oxygens (including phenoxy) is 1. The van der Waals surface area contributed by atoms with Gasteiger partial charge in [0.1, 0.15) is 0 Å². The maximum atomic E-state index is 11.6. The molecule has 6 nitrogen and oxygen atoms in total. The summed E-state index contributed by atoms with van der Waals surface area (Å²) < 4.78 is 5.29. The van der Waals surface area contributed by atoms with E-state index in [-0.39, 0.29) is 29.9 Å². The molecule has 1 aliphatic rings. The number of morpholine rings is 1. The standard InChI is InChI=1S/C13H22N4O2.C2H6.HI/c18-13(3-2-12-10-14-11-16-12)15-4-1-5-17-6-8-19-9-7-17;1-2;/h10-11H,1-9H2,(H,14,16)(H,15,18);1-2H3;1H. The zero-order chi connectivity index (χ0) is 15.3. The zero-order valence-corrected chi connectivity index (χ0v) is 16.0. The average molecular weight is 424 g/mol. The number of H-pyrrole nitrogens is 1. The van der Waals surface area contributed by atoms with Crippen LogP contribution in [0.1, 0.15) is 32.4 Å². The molecular weight excluding hydrogens is 395 g/mol. The highest BCUT2D eigenvalue weighted by atomic mass is 127. The fourth-order valence-corrected chi connectivity index (χ4v) is 2.11. The summed E-state index contributed by atoms with van der Waals surface area (Å²) in [4.78, 5) is 20.9. The summed E-state index contributed by atoms with van der Waals surface area (Å²) in [6.45, 7) is 9.46. The molecule has 1 amide bonds. The lowest BCUT2D eigenvalue weighted by Crippen LogP contribution is -2.38. The maximum Gasteiger partial charge on any atom is 0.220 e. The molecule has 2 rings (SSSR count). The van der Waals surface area contributed by atoms with Gasteiger partial charge in [-0.15, -0.1) is 24.0 Å². The van der Waals surface area contributed by atoms with Gasteiger partial charge in [0.15, 0.2) is 0 Å². The van der Waals surface area contributed by atoms with Crippen molar-refractivity contribution in [3.05, 3.63) is 18.2 Å². The van der Waals surface area contributed by atoms with E-state index in [2.05, 4.69) is 20.2 Å². The molecule has 0 bridgehead atoms. The second-order valence-electron chi connectivity index (χ2n) is 4.73. The number of nitrogens with one attached hydrogen (secondary N) is 2. The fraction of sp³-hybridized carbons (Fsp3) is 0.733. The van der Waals surface area contributed by atoms with Crippen LogP contribution in [0.4, 0.5) is 0 Å². The molecule has 1 aromatic heterocycles. The number of aryl methyl sites for hydroxylation is 1. The molecule has 0 aromatic carbocycles. The van der Waals surface area contributed by atoms with Crippen LogP contribution in [-0.2, 0) is 16.0 Å². The number of halogens is 1. The monoisotopic (exact) mass is 424 g/mol. The summed E-state index contributed by atoms with van der Waals surface area (Å²) in [6, 6.07) is 0. The molecule has 2 N–H and O–H groups in total. The Hall–Kier alpha value is -0.670. The third-order valence-electron chi connectivity index (χ3n) is 3.25. The number of aromatic amines is 1. The Labute approximate surface area is 150 Å². The molecule has 0 saturated carbocycles. The van der Waals surface area contributed by atoms with Crippen molar-refractivity contribution in [3.8, 4) is 0 Å². The van der Waals surface area contributed by atoms with Crippen LogP contribution in [0.25, 0.3) is 0 Å². The third kappa shape index (κ3) is 9.37. The van der Waals surface area contributed by atoms with E-state index in [0.717, 1.165) is 57.9 Å². The van der Waals surface area contributed by atoms with Crippen molar-refractivity contribution < 1.29 is 9.53 Å². The van der Waals surface area contributed by atoms with Gasteiger partial charge >= 0.3 is 0 Å². The van der Waals surface area contributed by atoms with Crippen molar-refractivity contribution in [1.82, 2.24) is 20.2 Å². The van der Waals surface area contributed by atoms with E-state index in [1.54, 1.807) is 12.5 Å². The van der Waals surface area contributed by atoms with Gasteiger partial charge in [-0.25, -0.2) is 4.98 Å². The Morgan fingerprint density at radius 2 is 2.14 bits per heavy atom. The molecule has 0 atom stereocenters. The SMILES string of the molecule is CC.I.O=C(CCc1cnc[nH]1)NCCCN1CCOCC1. The summed E-state index contributed by atoms with van der Waals surface area (Å²) in [5.74, 6) is 0.108. The fourth-order valence-electron chi connectivity index (χ4n) is 2.11. The van der Waals surface area contributed by atoms with Gasteiger partial charge in [-0.1, -0.05) is 13.8 Å². The Morgan fingerprint density at radius 3 is 2.77 bits per heavy atom. The number of carbonyl (C=O) groups is 1. The van der Waals surface area contributed by atoms with Gasteiger partial charge in [0, 0.05) is 37.9 Å². The minimum Gasteiger partial charge on any atom is -0.379 e. The Kier molecular flexibility index (Phi) is 13.5. The molecule has 22 heavy (non-hydrogen) atoms. The first-order valence-electron chi connectivity index (χ1n) is 7.88. The number of hydrogen-bond acceptors (Lipinski definition) is 4. The summed E-state index contributed by atoms with van der Waals surface area (Å²) in [5.41, 5.74) is 1.00. The highest BCUT2D eigenvalue weighted by Gasteiger charge is 2.09. The van der Waals surface area contributed by atoms with E-state index in [1.165, 1.54) is 0 Å². The highest BCUT2D eigenvalue weighted by molar-refractivity contribution is 14.0. The number of rotatable bonds is 7. The second kappa shape index (κ2) is 14.0. The topological polar surface area (TPSA) is 70.2 Å². The highest BCUT2D eigenvalue weighted by Crippen LogP contribution is 1.98. The predicted octanol–water partition coefficient (Wildman–Crippen LogP) is 1.83. The molecule has 1 fully saturated rings. The Morgan fingerprint density at radius 1 is 1.41 bits per heavy atom. The molecule has 1 aliphatic heterocycles. The average Bonchev–Trinajstić information content (AvgIpc) is 3.06. The molecule has 0 spiro atoms. The van der Waals surface area contributed by atoms with Crippen molar-refractivity contribution in [2.45, 2.75) is 33.1 Å². The van der Waals surface area contributed by atoms with E-state index < -0.39 is 0 Å². The van der Waals surface area contributed by atoms with Gasteiger partial charge in [-0.05, 0) is 19.4 Å². The number of imidazole rings is 1. The number of carbonyl (C=O) groups excluding carboxylic acids is 1. The first-order chi connectivity index (χ1) is 10.3. The van der Waals surface area contributed by atoms with Crippen LogP contribution in [0.3, 0.4) is 0 Å². The Balaban J connectivity index is 0.00000141. The van der Waals surface area contributed by atoms with Crippen molar-refractivity contribution in [2.75, 3.05) is 39.4 Å². The molecule has 0 radical (unpaired) electrons. The normalized spacial score (nSPS) is 14.5. The summed E-state index contributed by atoms with van der Waals surface area (Å²) in [7, 11) is 0. The van der Waals surface area contributed by atoms with E-state index in [1.807, 2.05) is 13.8 Å². The smallest absolute Gasteiger partial charge is 0.220 e. The zero-order valence-electron chi connectivity index (χ0n) is 13.6. The van der Waals surface area contributed by atoms with Gasteiger partial charge in [-0.3, -0.25) is 9.69 Å². The van der Waals surface area contributed by atoms with Crippen molar-refractivity contribution in [1.29, 1.82) is 0 Å². The molecule has 0 aliphatic carbocycles. The number of amides is 1. The van der Waals surface area contributed by atoms with Gasteiger partial charge in [0.25, 0.3) is 0 Å². The molecule has 1 aromatic rings. The van der Waals surface area contributed by atoms with E-state index in [4.69, 9.17) is 4.74 Å². The summed E-state index contributed by atoms with van der Waals surface area (Å²) in [5, 5.41) is 2.95. The van der Waals surface area contributed by atoms with E-state index >= 15 is 0 Å². The van der Waals surface area contributed by atoms with Crippen LogP contribution < -0.4 is 5.32 Å². The number of hydrogen-bond donors (Lipinski definition) is 2. The second-order valence-corrected chi connectivity index (χ2v) is 4.73. The number of aromatic nitrogens is 2. The van der Waals surface area contributed by atoms with Crippen molar-refractivity contribution in [3.63, 3.8) is 0 Å². The van der Waals surface area contributed by atoms with Crippen LogP contribution in [0.2, 0.25) is 0 Å². The number of nitrogens with zero attached hydrogens (tertiary/aromatic N) is 2. The van der Waals surface area contributed by atoms with Crippen LogP contribution in [0.15, 0.2) is 12.5 Å². The minimum absolute atomic E-state index is 0. The lowest BCUT2D eigenvalue weighted by molar-refractivity contribution is -0.121. The van der Waals surface area contributed by atoms with Crippen LogP contribution >= 0.6 is 24.0 Å². The minimum atomic E-state index is 0. The molecule has 128 valence electrons. The van der Waals surface area contributed by atoms with Crippen LogP contribution in [0, 0.1) is 0 Å². The van der Waals surface area contributed by atoms with Crippen molar-refractivity contribution >= 4 is 29.9 Å². The lowest BCUT2D eigenvalue weighted by atomic mass is 10.2. The van der Waals surface area contributed by atoms with Crippen LogP contribution in [-0.4, -0.2) is 60.2 Å². The third-order valence-corrected chi connectivity index (χ3v) is 3.25. The first kappa shape index (κ1) is 21.3. The largest absolute Gasteiger partial charge is 0.379 e. The van der Waals surface area contributed by atoms with Crippen molar-refractivity contribution in [2.24, 2.45) is 0 Å². The van der Waals surface area contributed by atoms with E-state index in [0.29, 0.717) is 6.42 Å². The van der Waals surface area contributed by atoms with Gasteiger partial charge < -0.3 is 15.0 Å². The predicted molar refractivity (Wildman–Crippen MR) is 98.6 cm³/mol. The summed E-state index contributed by atoms with van der Waals surface area (Å²) in [6.07, 6.45) is 5.62. The first-order valence-corrected chi connectivity index (χ1v) is 7.88. The molecule has 7 heteroatoms. The maximum absolute atomic E-state index is 11.6. The Bertz CT molecular complexity index is 368. The van der Waals surface area contributed by atoms with Gasteiger partial charge in [-0.2, -0.15) is 0 Å². The molecule has 1 saturated heterocycles. The molecule has 2 heterocycles. The molecular formula is C15H29IN4O2. The van der Waals surface area contributed by atoms with Gasteiger partial charge in [0.2, 0.25) is 5.91 Å². The summed E-state index contributed by atoms with van der Waals surface area (Å²) >= 11 is 0. The quantitative estimate of drug-likeness (QED) is 0.518. The lowest BCUT2D eigenvalue weighted by Gasteiger charge is -2.26. The van der Waals surface area contributed by atoms with E-state index in [9.17, 15) is 4.79 Å².